The lowest BCUT2D eigenvalue weighted by atomic mass is 10.1. The fourth-order valence-corrected chi connectivity index (χ4v) is 2.57. The van der Waals surface area contributed by atoms with E-state index in [1.807, 2.05) is 43.3 Å². The van der Waals surface area contributed by atoms with E-state index >= 15 is 0 Å². The van der Waals surface area contributed by atoms with Crippen LogP contribution in [-0.4, -0.2) is 0 Å². The maximum absolute atomic E-state index is 5.92. The monoisotopic (exact) mass is 358 g/mol. The molecule has 4 heteroatoms. The van der Waals surface area contributed by atoms with Crippen molar-refractivity contribution in [2.45, 2.75) is 6.92 Å². The Kier molecular flexibility index (Phi) is 3.79. The molecule has 0 amide bonds. The first-order valence-corrected chi connectivity index (χ1v) is 6.60. The third-order valence-electron chi connectivity index (χ3n) is 2.45. The molecule has 0 bridgehead atoms. The topological polar surface area (TPSA) is 38.0 Å². The minimum Gasteiger partial charge on any atom is -0.399 e. The van der Waals surface area contributed by atoms with E-state index in [1.54, 1.807) is 0 Å². The number of hydrogen-bond donors (Lipinski definition) is 2. The molecule has 0 fully saturated rings. The maximum Gasteiger partial charge on any atom is 0.0521 e. The first kappa shape index (κ1) is 12.5. The number of halogens is 2. The van der Waals surface area contributed by atoms with Gasteiger partial charge in [-0.1, -0.05) is 11.6 Å². The fourth-order valence-electron chi connectivity index (χ4n) is 1.56. The van der Waals surface area contributed by atoms with E-state index in [0.29, 0.717) is 0 Å². The first-order chi connectivity index (χ1) is 8.06. The van der Waals surface area contributed by atoms with Gasteiger partial charge in [0.25, 0.3) is 0 Å². The minimum atomic E-state index is 0.744. The van der Waals surface area contributed by atoms with E-state index in [0.717, 1.165) is 31.2 Å². The predicted octanol–water partition coefficient (Wildman–Crippen LogP) is 4.58. The molecule has 0 heterocycles. The van der Waals surface area contributed by atoms with Gasteiger partial charge in [0.05, 0.1) is 5.69 Å². The highest BCUT2D eigenvalue weighted by Crippen LogP contribution is 2.27. The molecule has 0 aromatic heterocycles. The van der Waals surface area contributed by atoms with Gasteiger partial charge in [0.15, 0.2) is 0 Å². The summed E-state index contributed by atoms with van der Waals surface area (Å²) in [5, 5.41) is 4.12. The summed E-state index contributed by atoms with van der Waals surface area (Å²) in [6, 6.07) is 11.6. The molecule has 2 aromatic carbocycles. The van der Waals surface area contributed by atoms with Crippen molar-refractivity contribution in [3.05, 3.63) is 50.6 Å². The second kappa shape index (κ2) is 5.14. The smallest absolute Gasteiger partial charge is 0.0521 e. The van der Waals surface area contributed by atoms with Crippen LogP contribution in [0.4, 0.5) is 17.1 Å². The zero-order chi connectivity index (χ0) is 12.4. The highest BCUT2D eigenvalue weighted by Gasteiger charge is 2.03. The summed E-state index contributed by atoms with van der Waals surface area (Å²) < 4.78 is 1.09. The van der Waals surface area contributed by atoms with Crippen LogP contribution >= 0.6 is 34.2 Å². The van der Waals surface area contributed by atoms with Crippen molar-refractivity contribution in [3.8, 4) is 0 Å². The van der Waals surface area contributed by atoms with Crippen LogP contribution in [-0.2, 0) is 0 Å². The predicted molar refractivity (Wildman–Crippen MR) is 83.0 cm³/mol. The zero-order valence-electron chi connectivity index (χ0n) is 9.30. The van der Waals surface area contributed by atoms with Crippen LogP contribution in [0.25, 0.3) is 0 Å². The number of anilines is 3. The lowest BCUT2D eigenvalue weighted by Gasteiger charge is -2.12. The lowest BCUT2D eigenvalue weighted by Crippen LogP contribution is -1.96. The fraction of sp³-hybridized carbons (Fsp3) is 0.0769. The number of benzene rings is 2. The molecule has 2 aromatic rings. The van der Waals surface area contributed by atoms with Crippen LogP contribution in [0.15, 0.2) is 36.4 Å². The van der Waals surface area contributed by atoms with E-state index in [9.17, 15) is 0 Å². The Hall–Kier alpha value is -0.940. The number of aryl methyl sites for hydroxylation is 1. The molecule has 0 saturated carbocycles. The standard InChI is InChI=1S/C13H12ClIN2/c1-8-6-10(16)3-5-12(8)17-13-4-2-9(14)7-11(13)15/h2-7,17H,16H2,1H3. The normalized spacial score (nSPS) is 10.3. The summed E-state index contributed by atoms with van der Waals surface area (Å²) in [6.07, 6.45) is 0. The van der Waals surface area contributed by atoms with Crippen LogP contribution in [0.1, 0.15) is 5.56 Å². The van der Waals surface area contributed by atoms with Gasteiger partial charge in [0.2, 0.25) is 0 Å². The van der Waals surface area contributed by atoms with Crippen LogP contribution in [0.3, 0.4) is 0 Å². The van der Waals surface area contributed by atoms with Crippen molar-refractivity contribution < 1.29 is 0 Å². The van der Waals surface area contributed by atoms with Crippen molar-refractivity contribution in [2.24, 2.45) is 0 Å². The largest absolute Gasteiger partial charge is 0.399 e. The second-order valence-corrected chi connectivity index (χ2v) is 5.42. The number of rotatable bonds is 2. The Bertz CT molecular complexity index is 506. The van der Waals surface area contributed by atoms with E-state index < -0.39 is 0 Å². The molecule has 0 aliphatic heterocycles. The van der Waals surface area contributed by atoms with Crippen molar-refractivity contribution in [2.75, 3.05) is 11.1 Å². The maximum atomic E-state index is 5.92. The molecule has 2 rings (SSSR count). The Labute approximate surface area is 119 Å². The molecule has 0 atom stereocenters. The van der Waals surface area contributed by atoms with Crippen LogP contribution in [0, 0.1) is 10.5 Å². The Morgan fingerprint density at radius 2 is 1.82 bits per heavy atom. The van der Waals surface area contributed by atoms with Crippen LogP contribution < -0.4 is 11.1 Å². The van der Waals surface area contributed by atoms with E-state index in [4.69, 9.17) is 17.3 Å². The summed E-state index contributed by atoms with van der Waals surface area (Å²) >= 11 is 8.18. The molecule has 0 radical (unpaired) electrons. The number of nitrogens with one attached hydrogen (secondary N) is 1. The molecule has 2 nitrogen and oxygen atoms in total. The summed E-state index contributed by atoms with van der Waals surface area (Å²) in [4.78, 5) is 0. The van der Waals surface area contributed by atoms with Crippen LogP contribution in [0.5, 0.6) is 0 Å². The highest BCUT2D eigenvalue weighted by molar-refractivity contribution is 14.1. The average molecular weight is 359 g/mol. The quantitative estimate of drug-likeness (QED) is 0.609. The molecule has 0 aliphatic carbocycles. The molecule has 0 unspecified atom stereocenters. The Morgan fingerprint density at radius 3 is 2.47 bits per heavy atom. The molecule has 0 spiro atoms. The van der Waals surface area contributed by atoms with Crippen molar-refractivity contribution in [1.29, 1.82) is 0 Å². The second-order valence-electron chi connectivity index (χ2n) is 3.82. The molecule has 17 heavy (non-hydrogen) atoms. The van der Waals surface area contributed by atoms with Crippen molar-refractivity contribution in [3.63, 3.8) is 0 Å². The SMILES string of the molecule is Cc1cc(N)ccc1Nc1ccc(Cl)cc1I. The number of nitrogens with two attached hydrogens (primary N) is 1. The Morgan fingerprint density at radius 1 is 1.12 bits per heavy atom. The van der Waals surface area contributed by atoms with Gasteiger partial charge in [-0.25, -0.2) is 0 Å². The summed E-state index contributed by atoms with van der Waals surface area (Å²) in [6.45, 7) is 2.03. The van der Waals surface area contributed by atoms with Gasteiger partial charge in [-0.05, 0) is 71.5 Å². The van der Waals surface area contributed by atoms with Gasteiger partial charge >= 0.3 is 0 Å². The van der Waals surface area contributed by atoms with E-state index in [1.165, 1.54) is 0 Å². The zero-order valence-corrected chi connectivity index (χ0v) is 12.2. The third-order valence-corrected chi connectivity index (χ3v) is 3.58. The minimum absolute atomic E-state index is 0.744. The van der Waals surface area contributed by atoms with E-state index in [2.05, 4.69) is 27.9 Å². The van der Waals surface area contributed by atoms with Gasteiger partial charge in [-0.3, -0.25) is 0 Å². The van der Waals surface area contributed by atoms with Gasteiger partial charge < -0.3 is 11.1 Å². The van der Waals surface area contributed by atoms with Crippen molar-refractivity contribution >= 4 is 51.3 Å². The Balaban J connectivity index is 2.31. The summed E-state index contributed by atoms with van der Waals surface area (Å²) in [5.41, 5.74) is 9.72. The molecule has 0 aliphatic rings. The first-order valence-electron chi connectivity index (χ1n) is 5.14. The highest BCUT2D eigenvalue weighted by atomic mass is 127. The summed E-state index contributed by atoms with van der Waals surface area (Å²) in [7, 11) is 0. The van der Waals surface area contributed by atoms with E-state index in [-0.39, 0.29) is 0 Å². The summed E-state index contributed by atoms with van der Waals surface area (Å²) in [5.74, 6) is 0. The molecular weight excluding hydrogens is 347 g/mol. The number of hydrogen-bond acceptors (Lipinski definition) is 2. The van der Waals surface area contributed by atoms with Gasteiger partial charge in [-0.15, -0.1) is 0 Å². The molecule has 88 valence electrons. The third kappa shape index (κ3) is 3.04. The van der Waals surface area contributed by atoms with Crippen LogP contribution in [0.2, 0.25) is 5.02 Å². The lowest BCUT2D eigenvalue weighted by molar-refractivity contribution is 1.42. The molecular formula is C13H12ClIN2. The molecule has 3 N–H and O–H groups in total. The van der Waals surface area contributed by atoms with Gasteiger partial charge in [0.1, 0.15) is 0 Å². The number of nitrogen functional groups attached to an aromatic ring is 1. The van der Waals surface area contributed by atoms with Crippen molar-refractivity contribution in [1.82, 2.24) is 0 Å². The average Bonchev–Trinajstić information content (AvgIpc) is 2.25. The van der Waals surface area contributed by atoms with Gasteiger partial charge in [0, 0.05) is 20.0 Å². The molecule has 0 saturated heterocycles. The van der Waals surface area contributed by atoms with Gasteiger partial charge in [-0.2, -0.15) is 0 Å².